The number of amides is 3. The first-order valence-electron chi connectivity index (χ1n) is 15.3. The molecule has 0 aromatic heterocycles. The highest BCUT2D eigenvalue weighted by atomic mass is 79.9. The van der Waals surface area contributed by atoms with Crippen LogP contribution < -0.4 is 16.0 Å². The Morgan fingerprint density at radius 2 is 1.39 bits per heavy atom. The summed E-state index contributed by atoms with van der Waals surface area (Å²) in [6.07, 6.45) is 1.67. The van der Waals surface area contributed by atoms with Crippen LogP contribution in [0.4, 0.5) is 15.8 Å². The Kier molecular flexibility index (Phi) is 10.6. The number of carbonyl (C=O) groups is 3. The quantitative estimate of drug-likeness (QED) is 0.0968. The highest BCUT2D eigenvalue weighted by Crippen LogP contribution is 2.37. The zero-order valence-corrected chi connectivity index (χ0v) is 28.3. The number of hydrogen-bond acceptors (Lipinski definition) is 4. The summed E-state index contributed by atoms with van der Waals surface area (Å²) in [7, 11) is 0. The van der Waals surface area contributed by atoms with Gasteiger partial charge in [0, 0.05) is 20.6 Å². The largest absolute Gasteiger partial charge is 0.322 e. The molecule has 0 spiro atoms. The lowest BCUT2D eigenvalue weighted by Crippen LogP contribution is -2.30. The Balaban J connectivity index is 1.22. The first-order chi connectivity index (χ1) is 23.8. The third kappa shape index (κ3) is 8.51. The predicted octanol–water partition coefficient (Wildman–Crippen LogP) is 9.62. The number of nitrogens with one attached hydrogen (secondary N) is 3. The van der Waals surface area contributed by atoms with Crippen molar-refractivity contribution in [1.82, 2.24) is 5.32 Å². The Bertz CT molecular complexity index is 2150. The molecule has 0 heterocycles. The maximum Gasteiger partial charge on any atom is 0.272 e. The molecule has 3 amide bonds. The van der Waals surface area contributed by atoms with Crippen LogP contribution in [0.2, 0.25) is 0 Å². The minimum absolute atomic E-state index is 0.0737. The standard InChI is InChI=1S/C40H29BrFN3O3S/c41-30-18-23-35(34(42)25-30)44-40(48)37(27-11-3-1-4-12-27)49-32-21-19-31(20-22-32)43-39(47)36(45-38(46)28-13-5-2-6-14-28)24-29-16-9-15-26-10-7-8-17-33(26)29/h1-25,37H,(H,43,47)(H,44,48)(H,45,46)/b36-24-. The van der Waals surface area contributed by atoms with E-state index in [1.807, 2.05) is 78.9 Å². The van der Waals surface area contributed by atoms with Crippen LogP contribution in [0, 0.1) is 5.82 Å². The molecular formula is C40H29BrFN3O3S. The maximum absolute atomic E-state index is 14.5. The van der Waals surface area contributed by atoms with E-state index < -0.39 is 22.9 Å². The van der Waals surface area contributed by atoms with Crippen LogP contribution in [-0.2, 0) is 9.59 Å². The van der Waals surface area contributed by atoms with E-state index in [-0.39, 0.29) is 17.3 Å². The van der Waals surface area contributed by atoms with Crippen molar-refractivity contribution in [2.24, 2.45) is 0 Å². The van der Waals surface area contributed by atoms with E-state index in [2.05, 4.69) is 31.9 Å². The highest BCUT2D eigenvalue weighted by molar-refractivity contribution is 9.10. The van der Waals surface area contributed by atoms with Gasteiger partial charge in [0.15, 0.2) is 0 Å². The average molecular weight is 731 g/mol. The minimum atomic E-state index is -0.687. The van der Waals surface area contributed by atoms with Crippen molar-refractivity contribution >= 4 is 73.6 Å². The van der Waals surface area contributed by atoms with Crippen LogP contribution in [0.25, 0.3) is 16.8 Å². The van der Waals surface area contributed by atoms with Gasteiger partial charge < -0.3 is 16.0 Å². The normalized spacial score (nSPS) is 11.8. The van der Waals surface area contributed by atoms with Crippen molar-refractivity contribution in [2.45, 2.75) is 10.1 Å². The van der Waals surface area contributed by atoms with E-state index in [1.165, 1.54) is 23.9 Å². The second kappa shape index (κ2) is 15.6. The number of carbonyl (C=O) groups excluding carboxylic acids is 3. The summed E-state index contributed by atoms with van der Waals surface area (Å²) < 4.78 is 15.1. The van der Waals surface area contributed by atoms with E-state index in [0.29, 0.717) is 15.7 Å². The van der Waals surface area contributed by atoms with Crippen molar-refractivity contribution in [3.63, 3.8) is 0 Å². The van der Waals surface area contributed by atoms with E-state index >= 15 is 0 Å². The molecule has 0 aliphatic carbocycles. The van der Waals surface area contributed by atoms with Crippen molar-refractivity contribution < 1.29 is 18.8 Å². The summed E-state index contributed by atoms with van der Waals surface area (Å²) in [6, 6.07) is 43.0. The van der Waals surface area contributed by atoms with Gasteiger partial charge in [-0.15, -0.1) is 11.8 Å². The third-order valence-corrected chi connectivity index (χ3v) is 9.31. The smallest absolute Gasteiger partial charge is 0.272 e. The Morgan fingerprint density at radius 3 is 2.12 bits per heavy atom. The van der Waals surface area contributed by atoms with Gasteiger partial charge in [0.25, 0.3) is 11.8 Å². The number of hydrogen-bond donors (Lipinski definition) is 3. The number of fused-ring (bicyclic) bond motifs is 1. The van der Waals surface area contributed by atoms with Crippen molar-refractivity contribution in [3.05, 3.63) is 178 Å². The first kappa shape index (κ1) is 33.4. The monoisotopic (exact) mass is 729 g/mol. The maximum atomic E-state index is 14.5. The average Bonchev–Trinajstić information content (AvgIpc) is 3.13. The molecule has 0 radical (unpaired) electrons. The number of benzene rings is 6. The summed E-state index contributed by atoms with van der Waals surface area (Å²) >= 11 is 4.54. The van der Waals surface area contributed by atoms with Gasteiger partial charge in [-0.25, -0.2) is 4.39 Å². The summed E-state index contributed by atoms with van der Waals surface area (Å²) in [6.45, 7) is 0. The summed E-state index contributed by atoms with van der Waals surface area (Å²) in [5.74, 6) is -1.85. The molecule has 3 N–H and O–H groups in total. The van der Waals surface area contributed by atoms with E-state index in [9.17, 15) is 18.8 Å². The number of thioether (sulfide) groups is 1. The number of rotatable bonds is 10. The first-order valence-corrected chi connectivity index (χ1v) is 17.0. The van der Waals surface area contributed by atoms with Crippen LogP contribution >= 0.6 is 27.7 Å². The van der Waals surface area contributed by atoms with Crippen molar-refractivity contribution in [1.29, 1.82) is 0 Å². The van der Waals surface area contributed by atoms with Gasteiger partial charge in [0.1, 0.15) is 16.8 Å². The molecule has 1 unspecified atom stereocenters. The minimum Gasteiger partial charge on any atom is -0.322 e. The molecule has 6 nitrogen and oxygen atoms in total. The van der Waals surface area contributed by atoms with Crippen LogP contribution in [0.15, 0.2) is 161 Å². The van der Waals surface area contributed by atoms with Crippen LogP contribution in [-0.4, -0.2) is 17.7 Å². The molecule has 1 atom stereocenters. The van der Waals surface area contributed by atoms with Crippen LogP contribution in [0.3, 0.4) is 0 Å². The molecule has 0 bridgehead atoms. The summed E-state index contributed by atoms with van der Waals surface area (Å²) in [5.41, 5.74) is 2.59. The zero-order valence-electron chi connectivity index (χ0n) is 25.9. The second-order valence-corrected chi connectivity index (χ2v) is 13.0. The molecule has 9 heteroatoms. The summed E-state index contributed by atoms with van der Waals surface area (Å²) in [4.78, 5) is 41.0. The van der Waals surface area contributed by atoms with E-state index in [1.54, 1.807) is 60.7 Å². The fourth-order valence-corrected chi connectivity index (χ4v) is 6.47. The van der Waals surface area contributed by atoms with E-state index in [0.717, 1.165) is 26.8 Å². The SMILES string of the molecule is O=C(Nc1ccc(SC(C(=O)Nc2ccc(Br)cc2F)c2ccccc2)cc1)/C(=C/c1cccc2ccccc12)NC(=O)c1ccccc1. The Morgan fingerprint density at radius 1 is 0.714 bits per heavy atom. The van der Waals surface area contributed by atoms with Crippen molar-refractivity contribution in [2.75, 3.05) is 10.6 Å². The number of halogens is 2. The van der Waals surface area contributed by atoms with E-state index in [4.69, 9.17) is 0 Å². The molecule has 0 aliphatic heterocycles. The third-order valence-electron chi connectivity index (χ3n) is 7.55. The fraction of sp³-hybridized carbons (Fsp3) is 0.0250. The Hall–Kier alpha value is -5.51. The summed E-state index contributed by atoms with van der Waals surface area (Å²) in [5, 5.41) is 9.65. The molecule has 0 aliphatic rings. The molecule has 6 aromatic carbocycles. The van der Waals surface area contributed by atoms with Gasteiger partial charge in [-0.05, 0) is 82.6 Å². The van der Waals surface area contributed by atoms with Gasteiger partial charge in [-0.3, -0.25) is 14.4 Å². The topological polar surface area (TPSA) is 87.3 Å². The van der Waals surface area contributed by atoms with Gasteiger partial charge >= 0.3 is 0 Å². The van der Waals surface area contributed by atoms with Crippen molar-refractivity contribution in [3.8, 4) is 0 Å². The van der Waals surface area contributed by atoms with Crippen LogP contribution in [0.5, 0.6) is 0 Å². The van der Waals surface area contributed by atoms with Gasteiger partial charge in [0.2, 0.25) is 5.91 Å². The lowest BCUT2D eigenvalue weighted by atomic mass is 10.0. The van der Waals surface area contributed by atoms with Crippen LogP contribution in [0.1, 0.15) is 26.7 Å². The molecule has 6 aromatic rings. The van der Waals surface area contributed by atoms with Gasteiger partial charge in [-0.1, -0.05) is 107 Å². The molecule has 6 rings (SSSR count). The fourth-order valence-electron chi connectivity index (χ4n) is 5.12. The van der Waals surface area contributed by atoms with Gasteiger partial charge in [-0.2, -0.15) is 0 Å². The Labute approximate surface area is 295 Å². The molecule has 0 fully saturated rings. The zero-order chi connectivity index (χ0) is 34.2. The molecular weight excluding hydrogens is 701 g/mol. The lowest BCUT2D eigenvalue weighted by molar-refractivity contribution is -0.116. The predicted molar refractivity (Wildman–Crippen MR) is 199 cm³/mol. The lowest BCUT2D eigenvalue weighted by Gasteiger charge is -2.18. The molecule has 242 valence electrons. The molecule has 49 heavy (non-hydrogen) atoms. The molecule has 0 saturated heterocycles. The number of anilines is 2. The highest BCUT2D eigenvalue weighted by Gasteiger charge is 2.23. The second-order valence-electron chi connectivity index (χ2n) is 10.9. The van der Waals surface area contributed by atoms with Gasteiger partial charge in [0.05, 0.1) is 5.69 Å². The molecule has 0 saturated carbocycles.